The molecule has 1 aliphatic rings. The molecule has 5 rings (SSSR count). The summed E-state index contributed by atoms with van der Waals surface area (Å²) in [5.41, 5.74) is 3.41. The fraction of sp³-hybridized carbons (Fsp3) is 0.156. The molecule has 0 aliphatic carbocycles. The third-order valence-corrected chi connectivity index (χ3v) is 7.62. The van der Waals surface area contributed by atoms with Crippen molar-refractivity contribution in [1.29, 1.82) is 0 Å². The number of hydrogen-bond acceptors (Lipinski definition) is 5. The summed E-state index contributed by atoms with van der Waals surface area (Å²) in [6.07, 6.45) is 1.42. The molecule has 1 fully saturated rings. The van der Waals surface area contributed by atoms with E-state index in [1.807, 2.05) is 26.0 Å². The molecule has 1 saturated heterocycles. The molecule has 1 N–H and O–H groups in total. The summed E-state index contributed by atoms with van der Waals surface area (Å²) in [6, 6.07) is 19.7. The molecule has 4 amide bonds. The second kappa shape index (κ2) is 11.8. The van der Waals surface area contributed by atoms with Gasteiger partial charge in [-0.2, -0.15) is 0 Å². The van der Waals surface area contributed by atoms with Crippen LogP contribution in [-0.2, 0) is 16.2 Å². The molecule has 0 aromatic heterocycles. The lowest BCUT2D eigenvalue weighted by molar-refractivity contribution is -0.122. The summed E-state index contributed by atoms with van der Waals surface area (Å²) in [7, 11) is 0. The van der Waals surface area contributed by atoms with Crippen molar-refractivity contribution in [3.05, 3.63) is 104 Å². The maximum Gasteiger partial charge on any atom is 0.335 e. The maximum absolute atomic E-state index is 13.4. The molecule has 1 aliphatic heterocycles. The van der Waals surface area contributed by atoms with Gasteiger partial charge in [0.2, 0.25) is 0 Å². The van der Waals surface area contributed by atoms with Crippen LogP contribution in [0.4, 0.5) is 10.5 Å². The van der Waals surface area contributed by atoms with Crippen LogP contribution >= 0.6 is 27.5 Å². The van der Waals surface area contributed by atoms with Crippen molar-refractivity contribution in [3.63, 3.8) is 0 Å². The van der Waals surface area contributed by atoms with E-state index in [2.05, 4.69) is 45.5 Å². The number of urea groups is 1. The SMILES string of the molecule is CCOc1cc(/C=C2\C(=O)NC(=O)N(c3cc(Cl)ccc3C)C2=O)cc(Br)c1OCc1c(C)ccc2ccccc12. The normalized spacial score (nSPS) is 14.5. The van der Waals surface area contributed by atoms with E-state index in [0.717, 1.165) is 26.8 Å². The van der Waals surface area contributed by atoms with Crippen LogP contribution in [0.25, 0.3) is 16.8 Å². The highest BCUT2D eigenvalue weighted by molar-refractivity contribution is 9.10. The quantitative estimate of drug-likeness (QED) is 0.168. The van der Waals surface area contributed by atoms with Crippen LogP contribution in [0.3, 0.4) is 0 Å². The highest BCUT2D eigenvalue weighted by Gasteiger charge is 2.37. The number of fused-ring (bicyclic) bond motifs is 1. The van der Waals surface area contributed by atoms with E-state index >= 15 is 0 Å². The van der Waals surface area contributed by atoms with Crippen LogP contribution in [0.15, 0.2) is 76.8 Å². The molecule has 4 aromatic rings. The van der Waals surface area contributed by atoms with E-state index in [9.17, 15) is 14.4 Å². The molecule has 0 unspecified atom stereocenters. The predicted molar refractivity (Wildman–Crippen MR) is 164 cm³/mol. The number of nitrogens with one attached hydrogen (secondary N) is 1. The molecule has 0 atom stereocenters. The van der Waals surface area contributed by atoms with Crippen LogP contribution in [-0.4, -0.2) is 24.5 Å². The average molecular weight is 634 g/mol. The van der Waals surface area contributed by atoms with Gasteiger partial charge < -0.3 is 9.47 Å². The Labute approximate surface area is 250 Å². The van der Waals surface area contributed by atoms with E-state index in [4.69, 9.17) is 21.1 Å². The Balaban J connectivity index is 1.49. The van der Waals surface area contributed by atoms with E-state index < -0.39 is 17.8 Å². The van der Waals surface area contributed by atoms with Crippen molar-refractivity contribution in [2.24, 2.45) is 0 Å². The van der Waals surface area contributed by atoms with Gasteiger partial charge in [0, 0.05) is 10.6 Å². The highest BCUT2D eigenvalue weighted by Crippen LogP contribution is 2.39. The zero-order valence-corrected chi connectivity index (χ0v) is 24.9. The number of anilines is 1. The maximum atomic E-state index is 13.4. The summed E-state index contributed by atoms with van der Waals surface area (Å²) in [6.45, 7) is 6.32. The molecule has 0 saturated carbocycles. The number of ether oxygens (including phenoxy) is 2. The van der Waals surface area contributed by atoms with E-state index in [1.165, 1.54) is 12.1 Å². The van der Waals surface area contributed by atoms with Gasteiger partial charge in [0.05, 0.1) is 16.8 Å². The zero-order valence-electron chi connectivity index (χ0n) is 22.6. The number of rotatable bonds is 7. The summed E-state index contributed by atoms with van der Waals surface area (Å²) in [5, 5.41) is 4.84. The molecular weight excluding hydrogens is 608 g/mol. The van der Waals surface area contributed by atoms with Crippen molar-refractivity contribution in [1.82, 2.24) is 5.32 Å². The van der Waals surface area contributed by atoms with Crippen LogP contribution in [0, 0.1) is 13.8 Å². The molecule has 208 valence electrons. The fourth-order valence-corrected chi connectivity index (χ4v) is 5.46. The topological polar surface area (TPSA) is 84.9 Å². The minimum Gasteiger partial charge on any atom is -0.490 e. The first-order chi connectivity index (χ1) is 19.7. The van der Waals surface area contributed by atoms with Crippen molar-refractivity contribution in [2.75, 3.05) is 11.5 Å². The Hall–Kier alpha value is -4.14. The number of barbiturate groups is 1. The van der Waals surface area contributed by atoms with Gasteiger partial charge in [0.25, 0.3) is 11.8 Å². The van der Waals surface area contributed by atoms with Crippen LogP contribution in [0.2, 0.25) is 5.02 Å². The summed E-state index contributed by atoms with van der Waals surface area (Å²) in [5.74, 6) is -0.622. The Bertz CT molecular complexity index is 1750. The molecule has 41 heavy (non-hydrogen) atoms. The molecular formula is C32H26BrClN2O5. The molecule has 1 heterocycles. The van der Waals surface area contributed by atoms with Gasteiger partial charge in [-0.25, -0.2) is 9.69 Å². The van der Waals surface area contributed by atoms with Gasteiger partial charge in [-0.15, -0.1) is 0 Å². The fourth-order valence-electron chi connectivity index (χ4n) is 4.72. The second-order valence-corrected chi connectivity index (χ2v) is 10.8. The third-order valence-electron chi connectivity index (χ3n) is 6.79. The average Bonchev–Trinajstić information content (AvgIpc) is 2.93. The predicted octanol–water partition coefficient (Wildman–Crippen LogP) is 7.52. The summed E-state index contributed by atoms with van der Waals surface area (Å²) < 4.78 is 12.8. The first kappa shape index (κ1) is 28.4. The number of benzene rings is 4. The Morgan fingerprint density at radius 2 is 1.71 bits per heavy atom. The van der Waals surface area contributed by atoms with Crippen LogP contribution < -0.4 is 19.7 Å². The van der Waals surface area contributed by atoms with Crippen LogP contribution in [0.5, 0.6) is 11.5 Å². The lowest BCUT2D eigenvalue weighted by atomic mass is 10.0. The van der Waals surface area contributed by atoms with Crippen molar-refractivity contribution < 1.29 is 23.9 Å². The largest absolute Gasteiger partial charge is 0.490 e. The second-order valence-electron chi connectivity index (χ2n) is 9.52. The van der Waals surface area contributed by atoms with E-state index in [0.29, 0.717) is 51.0 Å². The number of amides is 4. The van der Waals surface area contributed by atoms with Gasteiger partial charge in [0.1, 0.15) is 12.2 Å². The highest BCUT2D eigenvalue weighted by atomic mass is 79.9. The number of hydrogen-bond donors (Lipinski definition) is 1. The lowest BCUT2D eigenvalue weighted by Gasteiger charge is -2.27. The third kappa shape index (κ3) is 5.71. The standard InChI is InChI=1S/C32H26BrClN2O5/c1-4-40-28-15-20(13-24-30(37)35-32(39)36(31(24)38)27-16-22(34)12-10-19(27)3)14-26(33)29(28)41-17-25-18(2)9-11-21-7-5-6-8-23(21)25/h5-16H,4,17H2,1-3H3,(H,35,37,39)/b24-13+. The number of nitrogens with zero attached hydrogens (tertiary/aromatic N) is 1. The van der Waals surface area contributed by atoms with Gasteiger partial charge >= 0.3 is 6.03 Å². The van der Waals surface area contributed by atoms with Gasteiger partial charge in [0.15, 0.2) is 11.5 Å². The van der Waals surface area contributed by atoms with E-state index in [1.54, 1.807) is 31.2 Å². The number of halogens is 2. The van der Waals surface area contributed by atoms with Crippen molar-refractivity contribution in [3.8, 4) is 11.5 Å². The number of carbonyl (C=O) groups is 3. The smallest absolute Gasteiger partial charge is 0.335 e. The Kier molecular flexibility index (Phi) is 8.15. The minimum atomic E-state index is -0.842. The summed E-state index contributed by atoms with van der Waals surface area (Å²) >= 11 is 9.71. The van der Waals surface area contributed by atoms with Crippen molar-refractivity contribution in [2.45, 2.75) is 27.4 Å². The van der Waals surface area contributed by atoms with E-state index in [-0.39, 0.29) is 5.57 Å². The molecule has 0 radical (unpaired) electrons. The lowest BCUT2D eigenvalue weighted by Crippen LogP contribution is -2.54. The van der Waals surface area contributed by atoms with Crippen LogP contribution in [0.1, 0.15) is 29.2 Å². The number of carbonyl (C=O) groups excluding carboxylic acids is 3. The number of aryl methyl sites for hydroxylation is 2. The molecule has 7 nitrogen and oxygen atoms in total. The van der Waals surface area contributed by atoms with Crippen molar-refractivity contribution >= 4 is 67.9 Å². The summed E-state index contributed by atoms with van der Waals surface area (Å²) in [4.78, 5) is 39.8. The Morgan fingerprint density at radius 1 is 0.951 bits per heavy atom. The molecule has 0 bridgehead atoms. The molecule has 0 spiro atoms. The van der Waals surface area contributed by atoms with Gasteiger partial charge in [-0.05, 0) is 94.5 Å². The minimum absolute atomic E-state index is 0.210. The number of imide groups is 2. The molecule has 4 aromatic carbocycles. The molecule has 9 heteroatoms. The van der Waals surface area contributed by atoms with Gasteiger partial charge in [-0.3, -0.25) is 14.9 Å². The monoisotopic (exact) mass is 632 g/mol. The zero-order chi connectivity index (χ0) is 29.3. The Morgan fingerprint density at radius 3 is 2.49 bits per heavy atom. The van der Waals surface area contributed by atoms with Gasteiger partial charge in [-0.1, -0.05) is 54.1 Å². The first-order valence-electron chi connectivity index (χ1n) is 12.9. The first-order valence-corrected chi connectivity index (χ1v) is 14.1.